The van der Waals surface area contributed by atoms with Crippen LogP contribution in [-0.4, -0.2) is 87.0 Å². The molecule has 0 aromatic heterocycles. The third-order valence-corrected chi connectivity index (χ3v) is 6.41. The molecule has 0 aliphatic carbocycles. The molecule has 0 unspecified atom stereocenters. The maximum Gasteiger partial charge on any atom is 2.00 e. The van der Waals surface area contributed by atoms with Crippen molar-refractivity contribution in [3.63, 3.8) is 0 Å². The summed E-state index contributed by atoms with van der Waals surface area (Å²) in [6.07, 6.45) is 17.1. The van der Waals surface area contributed by atoms with Crippen LogP contribution in [0.1, 0.15) is 146 Å². The summed E-state index contributed by atoms with van der Waals surface area (Å²) >= 11 is 0. The van der Waals surface area contributed by atoms with E-state index in [4.69, 9.17) is 18.9 Å². The Kier molecular flexibility index (Phi) is 28.2. The van der Waals surface area contributed by atoms with Crippen LogP contribution in [0.5, 0.6) is 0 Å². The molecule has 0 aromatic rings. The van der Waals surface area contributed by atoms with E-state index in [9.17, 15) is 19.2 Å². The number of carbonyl (C=O) groups excluding carboxylic acids is 4. The number of hydrogen-bond donors (Lipinski definition) is 0. The van der Waals surface area contributed by atoms with Crippen molar-refractivity contribution in [3.8, 4) is 0 Å². The van der Waals surface area contributed by atoms with Gasteiger partial charge in [0, 0.05) is 6.42 Å². The van der Waals surface area contributed by atoms with Crippen molar-refractivity contribution in [1.82, 2.24) is 0 Å². The van der Waals surface area contributed by atoms with E-state index in [-0.39, 0.29) is 66.8 Å². The third-order valence-electron chi connectivity index (χ3n) is 6.41. The molecule has 0 saturated carbocycles. The molecule has 8 nitrogen and oxygen atoms in total. The van der Waals surface area contributed by atoms with Crippen LogP contribution in [-0.2, 0) is 38.1 Å². The SMILES string of the molecule is CCCCCCCCCCCCCCCCCC(=O)OC(CC(=O)OCC)(CC(=O)OCC)C(=O)OCC.[Ca+2].[H-].[H-]. The van der Waals surface area contributed by atoms with Gasteiger partial charge < -0.3 is 21.8 Å². The molecule has 0 saturated heterocycles. The molecule has 226 valence electrons. The molecule has 0 aliphatic heterocycles. The van der Waals surface area contributed by atoms with Gasteiger partial charge in [0.2, 0.25) is 5.60 Å². The Morgan fingerprint density at radius 2 is 0.872 bits per heavy atom. The van der Waals surface area contributed by atoms with Crippen LogP contribution >= 0.6 is 0 Å². The maximum atomic E-state index is 12.8. The standard InChI is InChI=1S/C30H54O8.Ca.2H/c1-5-9-10-11-12-13-14-15-16-17-18-19-20-21-22-23-26(31)38-30(29(34)37-8-4,24-27(32)35-6-2)25-28(33)36-7-3;;;/h5-25H2,1-4H3;;;/q;+2;2*-1. The molecule has 0 spiro atoms. The fourth-order valence-corrected chi connectivity index (χ4v) is 4.38. The minimum Gasteiger partial charge on any atom is -1.00 e. The van der Waals surface area contributed by atoms with E-state index in [0.717, 1.165) is 19.3 Å². The van der Waals surface area contributed by atoms with Gasteiger partial charge in [0.05, 0.1) is 32.7 Å². The Labute approximate surface area is 270 Å². The number of rotatable bonds is 25. The van der Waals surface area contributed by atoms with Gasteiger partial charge in [0.15, 0.2) is 0 Å². The molecule has 0 amide bonds. The van der Waals surface area contributed by atoms with Crippen molar-refractivity contribution in [3.05, 3.63) is 0 Å². The topological polar surface area (TPSA) is 105 Å². The van der Waals surface area contributed by atoms with Gasteiger partial charge in [-0.15, -0.1) is 0 Å². The van der Waals surface area contributed by atoms with Crippen LogP contribution in [0.15, 0.2) is 0 Å². The summed E-state index contributed by atoms with van der Waals surface area (Å²) in [4.78, 5) is 49.9. The van der Waals surface area contributed by atoms with Gasteiger partial charge in [-0.1, -0.05) is 96.8 Å². The normalized spacial score (nSPS) is 10.9. The Hall–Kier alpha value is -0.860. The van der Waals surface area contributed by atoms with Crippen molar-refractivity contribution in [1.29, 1.82) is 0 Å². The molecular formula is C30H56CaO8. The van der Waals surface area contributed by atoms with Gasteiger partial charge in [-0.3, -0.25) is 14.4 Å². The fourth-order valence-electron chi connectivity index (χ4n) is 4.38. The van der Waals surface area contributed by atoms with E-state index < -0.39 is 42.3 Å². The molecule has 0 N–H and O–H groups in total. The Morgan fingerprint density at radius 1 is 0.513 bits per heavy atom. The molecule has 0 heterocycles. The van der Waals surface area contributed by atoms with E-state index in [1.807, 2.05) is 0 Å². The number of hydrogen-bond acceptors (Lipinski definition) is 8. The van der Waals surface area contributed by atoms with Crippen LogP contribution in [0, 0.1) is 0 Å². The van der Waals surface area contributed by atoms with E-state index >= 15 is 0 Å². The van der Waals surface area contributed by atoms with Gasteiger partial charge in [-0.05, 0) is 27.2 Å². The first-order valence-electron chi connectivity index (χ1n) is 15.0. The van der Waals surface area contributed by atoms with Crippen molar-refractivity contribution in [2.45, 2.75) is 149 Å². The van der Waals surface area contributed by atoms with Crippen molar-refractivity contribution in [2.24, 2.45) is 0 Å². The summed E-state index contributed by atoms with van der Waals surface area (Å²) in [5.74, 6) is -3.12. The van der Waals surface area contributed by atoms with Crippen molar-refractivity contribution >= 4 is 61.6 Å². The van der Waals surface area contributed by atoms with Crippen LogP contribution in [0.4, 0.5) is 0 Å². The second kappa shape index (κ2) is 27.3. The molecule has 0 radical (unpaired) electrons. The fraction of sp³-hybridized carbons (Fsp3) is 0.867. The molecule has 9 heteroatoms. The second-order valence-corrected chi connectivity index (χ2v) is 9.85. The summed E-state index contributed by atoms with van der Waals surface area (Å²) in [5, 5.41) is 0. The molecule has 0 atom stereocenters. The Balaban J connectivity index is -0.00000228. The largest absolute Gasteiger partial charge is 2.00 e. The summed E-state index contributed by atoms with van der Waals surface area (Å²) in [5.41, 5.74) is -2.10. The monoisotopic (exact) mass is 584 g/mol. The smallest absolute Gasteiger partial charge is 1.00 e. The van der Waals surface area contributed by atoms with E-state index in [2.05, 4.69) is 6.92 Å². The van der Waals surface area contributed by atoms with Crippen LogP contribution < -0.4 is 0 Å². The molecule has 0 aromatic carbocycles. The van der Waals surface area contributed by atoms with Crippen molar-refractivity contribution in [2.75, 3.05) is 19.8 Å². The zero-order valence-electron chi connectivity index (χ0n) is 27.3. The molecular weight excluding hydrogens is 528 g/mol. The third kappa shape index (κ3) is 21.5. The number of unbranched alkanes of at least 4 members (excludes halogenated alkanes) is 14. The first-order chi connectivity index (χ1) is 18.3. The average Bonchev–Trinajstić information content (AvgIpc) is 2.86. The minimum atomic E-state index is -2.10. The first-order valence-corrected chi connectivity index (χ1v) is 15.0. The summed E-state index contributed by atoms with van der Waals surface area (Å²) in [7, 11) is 0. The average molecular weight is 585 g/mol. The van der Waals surface area contributed by atoms with Crippen LogP contribution in [0.2, 0.25) is 0 Å². The Bertz CT molecular complexity index is 644. The predicted octanol–water partition coefficient (Wildman–Crippen LogP) is 6.84. The molecule has 39 heavy (non-hydrogen) atoms. The van der Waals surface area contributed by atoms with Crippen LogP contribution in [0.25, 0.3) is 0 Å². The van der Waals surface area contributed by atoms with Crippen molar-refractivity contribution < 1.29 is 41.0 Å². The zero-order chi connectivity index (χ0) is 28.5. The van der Waals surface area contributed by atoms with E-state index in [0.29, 0.717) is 6.42 Å². The van der Waals surface area contributed by atoms with Gasteiger partial charge in [-0.25, -0.2) is 4.79 Å². The molecule has 0 bridgehead atoms. The summed E-state index contributed by atoms with van der Waals surface area (Å²) in [6, 6.07) is 0. The zero-order valence-corrected chi connectivity index (χ0v) is 27.5. The first kappa shape index (κ1) is 40.3. The predicted molar refractivity (Wildman–Crippen MR) is 155 cm³/mol. The summed E-state index contributed by atoms with van der Waals surface area (Å²) in [6.45, 7) is 7.26. The molecule has 0 rings (SSSR count). The maximum absolute atomic E-state index is 12.8. The van der Waals surface area contributed by atoms with Crippen LogP contribution in [0.3, 0.4) is 0 Å². The number of ether oxygens (including phenoxy) is 4. The van der Waals surface area contributed by atoms with Gasteiger partial charge in [0.1, 0.15) is 0 Å². The quantitative estimate of drug-likeness (QED) is 0.0497. The van der Waals surface area contributed by atoms with E-state index in [1.165, 1.54) is 70.6 Å². The molecule has 0 aliphatic rings. The Morgan fingerprint density at radius 3 is 1.23 bits per heavy atom. The van der Waals surface area contributed by atoms with Gasteiger partial charge >= 0.3 is 61.6 Å². The number of esters is 4. The van der Waals surface area contributed by atoms with Gasteiger partial charge in [0.25, 0.3) is 0 Å². The van der Waals surface area contributed by atoms with Gasteiger partial charge in [-0.2, -0.15) is 0 Å². The number of carbonyl (C=O) groups is 4. The van der Waals surface area contributed by atoms with E-state index in [1.54, 1.807) is 20.8 Å². The minimum absolute atomic E-state index is 0. The molecule has 0 fully saturated rings. The second-order valence-electron chi connectivity index (χ2n) is 9.85. The summed E-state index contributed by atoms with van der Waals surface area (Å²) < 4.78 is 20.5.